The molecule has 0 aliphatic heterocycles. The molecule has 3 N–H and O–H groups in total. The first-order valence-corrected chi connectivity index (χ1v) is 6.91. The lowest BCUT2D eigenvalue weighted by Gasteiger charge is -2.07. The highest BCUT2D eigenvalue weighted by molar-refractivity contribution is 7.22. The van der Waals surface area contributed by atoms with Crippen LogP contribution in [0, 0.1) is 0 Å². The van der Waals surface area contributed by atoms with E-state index in [0.29, 0.717) is 16.5 Å². The molecule has 2 aromatic heterocycles. The lowest BCUT2D eigenvalue weighted by molar-refractivity contribution is 0.402. The van der Waals surface area contributed by atoms with Crippen molar-refractivity contribution in [2.45, 2.75) is 0 Å². The zero-order valence-electron chi connectivity index (χ0n) is 11.2. The molecule has 5 nitrogen and oxygen atoms in total. The fourth-order valence-corrected chi connectivity index (χ4v) is 2.96. The summed E-state index contributed by atoms with van der Waals surface area (Å²) in [7, 11) is 3.48. The highest BCUT2D eigenvalue weighted by atomic mass is 32.1. The third kappa shape index (κ3) is 2.04. The second kappa shape index (κ2) is 4.97. The molecule has 2 heterocycles. The van der Waals surface area contributed by atoms with E-state index in [1.165, 1.54) is 11.3 Å². The van der Waals surface area contributed by atoms with Crippen LogP contribution in [0.1, 0.15) is 0 Å². The number of nitrogen functional groups attached to an aromatic ring is 1. The number of aromatic nitrogens is 2. The van der Waals surface area contributed by atoms with Gasteiger partial charge in [0, 0.05) is 24.5 Å². The van der Waals surface area contributed by atoms with Crippen LogP contribution in [-0.4, -0.2) is 24.1 Å². The number of ether oxygens (including phenoxy) is 1. The summed E-state index contributed by atoms with van der Waals surface area (Å²) in [6.07, 6.45) is 1.80. The van der Waals surface area contributed by atoms with E-state index < -0.39 is 0 Å². The van der Waals surface area contributed by atoms with Crippen LogP contribution in [-0.2, 0) is 0 Å². The van der Waals surface area contributed by atoms with Crippen molar-refractivity contribution in [1.82, 2.24) is 9.97 Å². The lowest BCUT2D eigenvalue weighted by atomic mass is 10.1. The van der Waals surface area contributed by atoms with Gasteiger partial charge in [-0.15, -0.1) is 0 Å². The largest absolute Gasteiger partial charge is 0.479 e. The molecule has 1 aromatic carbocycles. The molecule has 3 rings (SSSR count). The predicted molar refractivity (Wildman–Crippen MR) is 83.4 cm³/mol. The van der Waals surface area contributed by atoms with Gasteiger partial charge in [0.2, 0.25) is 5.88 Å². The molecular weight excluding hydrogens is 272 g/mol. The minimum Gasteiger partial charge on any atom is -0.479 e. The summed E-state index contributed by atoms with van der Waals surface area (Å²) in [5.41, 5.74) is 9.66. The molecule has 0 fully saturated rings. The Kier molecular flexibility index (Phi) is 3.15. The summed E-state index contributed by atoms with van der Waals surface area (Å²) in [5.74, 6) is 0.501. The highest BCUT2D eigenvalue weighted by Crippen LogP contribution is 2.37. The van der Waals surface area contributed by atoms with Gasteiger partial charge in [0.05, 0.1) is 11.8 Å². The maximum Gasteiger partial charge on any atom is 0.241 e. The van der Waals surface area contributed by atoms with Crippen molar-refractivity contribution in [2.75, 3.05) is 25.2 Å². The first-order chi connectivity index (χ1) is 9.72. The van der Waals surface area contributed by atoms with Crippen LogP contribution in [0.15, 0.2) is 30.5 Å². The van der Waals surface area contributed by atoms with E-state index in [4.69, 9.17) is 10.5 Å². The standard InChI is InChI=1S/C14H14N4OS/c1-16-9-5-3-4-8(6-9)10-7-17-13(19-2)11-12(10)20-14(15)18-11/h3-7,16H,1-2H3,(H2,15,18). The van der Waals surface area contributed by atoms with Gasteiger partial charge in [-0.25, -0.2) is 9.97 Å². The number of fused-ring (bicyclic) bond motifs is 1. The molecule has 0 unspecified atom stereocenters. The first-order valence-electron chi connectivity index (χ1n) is 6.10. The number of nitrogens with zero attached hydrogens (tertiary/aromatic N) is 2. The Labute approximate surface area is 120 Å². The van der Waals surface area contributed by atoms with Crippen LogP contribution in [0.25, 0.3) is 21.3 Å². The average Bonchev–Trinajstić information content (AvgIpc) is 2.87. The third-order valence-corrected chi connectivity index (χ3v) is 3.98. The van der Waals surface area contributed by atoms with Crippen molar-refractivity contribution >= 4 is 32.4 Å². The van der Waals surface area contributed by atoms with E-state index >= 15 is 0 Å². The van der Waals surface area contributed by atoms with Gasteiger partial charge >= 0.3 is 0 Å². The van der Waals surface area contributed by atoms with E-state index in [1.54, 1.807) is 13.3 Å². The van der Waals surface area contributed by atoms with Crippen molar-refractivity contribution in [2.24, 2.45) is 0 Å². The average molecular weight is 286 g/mol. The van der Waals surface area contributed by atoms with Crippen molar-refractivity contribution < 1.29 is 4.74 Å². The molecule has 0 aliphatic rings. The summed E-state index contributed by atoms with van der Waals surface area (Å²) in [5, 5.41) is 3.64. The molecule has 0 atom stereocenters. The van der Waals surface area contributed by atoms with Gasteiger partial charge in [-0.3, -0.25) is 0 Å². The number of rotatable bonds is 3. The molecule has 0 radical (unpaired) electrons. The molecule has 0 spiro atoms. The maximum atomic E-state index is 5.83. The normalized spacial score (nSPS) is 10.7. The maximum absolute atomic E-state index is 5.83. The second-order valence-electron chi connectivity index (χ2n) is 4.24. The van der Waals surface area contributed by atoms with Gasteiger partial charge in [-0.2, -0.15) is 0 Å². The second-order valence-corrected chi connectivity index (χ2v) is 5.27. The first kappa shape index (κ1) is 12.7. The Morgan fingerprint density at radius 2 is 2.20 bits per heavy atom. The minimum atomic E-state index is 0.501. The number of methoxy groups -OCH3 is 1. The minimum absolute atomic E-state index is 0.501. The topological polar surface area (TPSA) is 73.1 Å². The van der Waals surface area contributed by atoms with E-state index in [9.17, 15) is 0 Å². The monoisotopic (exact) mass is 286 g/mol. The Bertz CT molecular complexity index is 769. The Balaban J connectivity index is 2.25. The molecule has 102 valence electrons. The van der Waals surface area contributed by atoms with Gasteiger partial charge in [0.1, 0.15) is 5.52 Å². The number of benzene rings is 1. The number of anilines is 2. The molecule has 0 saturated heterocycles. The SMILES string of the molecule is CNc1cccc(-c2cnc(OC)c3nc(N)sc23)c1. The van der Waals surface area contributed by atoms with Gasteiger partial charge < -0.3 is 15.8 Å². The van der Waals surface area contributed by atoms with E-state index in [2.05, 4.69) is 21.4 Å². The van der Waals surface area contributed by atoms with Crippen LogP contribution < -0.4 is 15.8 Å². The van der Waals surface area contributed by atoms with Gasteiger partial charge in [-0.1, -0.05) is 23.5 Å². The summed E-state index contributed by atoms with van der Waals surface area (Å²) in [6, 6.07) is 8.12. The zero-order chi connectivity index (χ0) is 14.1. The number of hydrogen-bond acceptors (Lipinski definition) is 6. The van der Waals surface area contributed by atoms with Crippen molar-refractivity contribution in [3.05, 3.63) is 30.5 Å². The fourth-order valence-electron chi connectivity index (χ4n) is 2.10. The number of hydrogen-bond donors (Lipinski definition) is 2. The number of nitrogens with two attached hydrogens (primary N) is 1. The van der Waals surface area contributed by atoms with E-state index in [0.717, 1.165) is 21.5 Å². The smallest absolute Gasteiger partial charge is 0.241 e. The number of thiazole rings is 1. The zero-order valence-corrected chi connectivity index (χ0v) is 12.0. The predicted octanol–water partition coefficient (Wildman–Crippen LogP) is 2.99. The van der Waals surface area contributed by atoms with Crippen LogP contribution >= 0.6 is 11.3 Å². The molecule has 20 heavy (non-hydrogen) atoms. The van der Waals surface area contributed by atoms with Crippen LogP contribution in [0.2, 0.25) is 0 Å². The van der Waals surface area contributed by atoms with E-state index in [1.807, 2.05) is 25.2 Å². The van der Waals surface area contributed by atoms with Crippen molar-refractivity contribution in [3.8, 4) is 17.0 Å². The summed E-state index contributed by atoms with van der Waals surface area (Å²) in [6.45, 7) is 0. The van der Waals surface area contributed by atoms with Gasteiger partial charge in [-0.05, 0) is 17.7 Å². The molecule has 3 aromatic rings. The van der Waals surface area contributed by atoms with Gasteiger partial charge in [0.25, 0.3) is 0 Å². The van der Waals surface area contributed by atoms with E-state index in [-0.39, 0.29) is 0 Å². The molecule has 0 bridgehead atoms. The fraction of sp³-hybridized carbons (Fsp3) is 0.143. The Morgan fingerprint density at radius 1 is 1.35 bits per heavy atom. The molecular formula is C14H14N4OS. The molecule has 0 aliphatic carbocycles. The molecule has 6 heteroatoms. The third-order valence-electron chi connectivity index (χ3n) is 3.06. The number of pyridine rings is 1. The lowest BCUT2D eigenvalue weighted by Crippen LogP contribution is -1.92. The Hall–Kier alpha value is -2.34. The summed E-state index contributed by atoms with van der Waals surface area (Å²) >= 11 is 1.44. The Morgan fingerprint density at radius 3 is 2.95 bits per heavy atom. The molecule has 0 amide bonds. The van der Waals surface area contributed by atoms with Crippen molar-refractivity contribution in [3.63, 3.8) is 0 Å². The highest BCUT2D eigenvalue weighted by Gasteiger charge is 2.14. The molecule has 0 saturated carbocycles. The summed E-state index contributed by atoms with van der Waals surface area (Å²) < 4.78 is 6.23. The quantitative estimate of drug-likeness (QED) is 0.774. The van der Waals surface area contributed by atoms with Crippen LogP contribution in [0.5, 0.6) is 5.88 Å². The summed E-state index contributed by atoms with van der Waals surface area (Å²) in [4.78, 5) is 8.62. The van der Waals surface area contributed by atoms with Crippen LogP contribution in [0.4, 0.5) is 10.8 Å². The van der Waals surface area contributed by atoms with Gasteiger partial charge in [0.15, 0.2) is 5.13 Å². The number of nitrogens with one attached hydrogen (secondary N) is 1. The van der Waals surface area contributed by atoms with Crippen LogP contribution in [0.3, 0.4) is 0 Å². The van der Waals surface area contributed by atoms with Crippen molar-refractivity contribution in [1.29, 1.82) is 0 Å².